The maximum absolute atomic E-state index is 12.8. The van der Waals surface area contributed by atoms with Crippen LogP contribution in [0.2, 0.25) is 0 Å². The molecule has 71 heavy (non-hydrogen) atoms. The number of unbranched alkanes of at least 4 members (excludes halogenated alkanes) is 12. The first-order valence-corrected chi connectivity index (χ1v) is 26.2. The lowest BCUT2D eigenvalue weighted by Crippen LogP contribution is -2.21. The third-order valence-corrected chi connectivity index (χ3v) is 12.1. The van der Waals surface area contributed by atoms with Crippen molar-refractivity contribution in [2.75, 3.05) is 46.2 Å². The van der Waals surface area contributed by atoms with E-state index in [1.165, 1.54) is 5.56 Å². The molecule has 0 amide bonds. The lowest BCUT2D eigenvalue weighted by molar-refractivity contribution is -0.145. The molecule has 0 spiro atoms. The van der Waals surface area contributed by atoms with Crippen molar-refractivity contribution in [3.05, 3.63) is 84.0 Å². The summed E-state index contributed by atoms with van der Waals surface area (Å²) in [5, 5.41) is 0. The number of benzene rings is 2. The number of rotatable bonds is 39. The molecule has 0 N–H and O–H groups in total. The highest BCUT2D eigenvalue weighted by atomic mass is 16.6. The second kappa shape index (κ2) is 37.3. The standard InChI is InChI=1S/C57H82O14/c1-44(2)55(61)69-42-18-8-6-16-38-65-50-33-29-48(30-34-50)57(63)71-51-35-27-47(28-36-51)46-25-31-49(32-26-46)64-37-15-5-7-17-39-66-52(58)22-12-9-19-40-67-53(59)23-13-10-20-41-68-54(60)24-14-11-21-43-70-56(62)45(3)4/h27-30,33-36,46,49H,1,3,5-26,31-32,37-43H2,2,4H3. The minimum Gasteiger partial charge on any atom is -0.494 e. The highest BCUT2D eigenvalue weighted by Crippen LogP contribution is 2.35. The second-order valence-electron chi connectivity index (χ2n) is 18.4. The molecule has 0 saturated heterocycles. The Kier molecular flexibility index (Phi) is 31.4. The summed E-state index contributed by atoms with van der Waals surface area (Å²) in [4.78, 5) is 71.5. The van der Waals surface area contributed by atoms with Gasteiger partial charge in [0.05, 0.1) is 51.3 Å². The topological polar surface area (TPSA) is 176 Å². The fourth-order valence-electron chi connectivity index (χ4n) is 7.77. The molecule has 0 unspecified atom stereocenters. The molecular weight excluding hydrogens is 909 g/mol. The maximum Gasteiger partial charge on any atom is 0.343 e. The van der Waals surface area contributed by atoms with Gasteiger partial charge in [0.15, 0.2) is 0 Å². The monoisotopic (exact) mass is 991 g/mol. The molecule has 1 aliphatic rings. The molecule has 2 aromatic carbocycles. The summed E-state index contributed by atoms with van der Waals surface area (Å²) in [6, 6.07) is 14.8. The maximum atomic E-state index is 12.8. The van der Waals surface area contributed by atoms with Gasteiger partial charge in [-0.05, 0) is 190 Å². The Labute approximate surface area is 422 Å². The molecule has 3 rings (SSSR count). The second-order valence-corrected chi connectivity index (χ2v) is 18.4. The van der Waals surface area contributed by atoms with E-state index in [0.717, 1.165) is 103 Å². The first-order valence-electron chi connectivity index (χ1n) is 26.2. The molecule has 0 atom stereocenters. The highest BCUT2D eigenvalue weighted by molar-refractivity contribution is 5.91. The zero-order valence-corrected chi connectivity index (χ0v) is 42.8. The molecule has 14 heteroatoms. The van der Waals surface area contributed by atoms with Crippen LogP contribution in [0.25, 0.3) is 0 Å². The van der Waals surface area contributed by atoms with Crippen LogP contribution in [-0.4, -0.2) is 88.2 Å². The van der Waals surface area contributed by atoms with Crippen molar-refractivity contribution in [3.63, 3.8) is 0 Å². The number of hydrogen-bond acceptors (Lipinski definition) is 14. The van der Waals surface area contributed by atoms with Crippen LogP contribution in [-0.2, 0) is 52.4 Å². The average molecular weight is 991 g/mol. The summed E-state index contributed by atoms with van der Waals surface area (Å²) in [6.45, 7) is 13.5. The average Bonchev–Trinajstić information content (AvgIpc) is 3.36. The summed E-state index contributed by atoms with van der Waals surface area (Å²) in [7, 11) is 0. The van der Waals surface area contributed by atoms with Gasteiger partial charge in [-0.1, -0.05) is 31.7 Å². The zero-order chi connectivity index (χ0) is 51.3. The van der Waals surface area contributed by atoms with Crippen molar-refractivity contribution in [3.8, 4) is 11.5 Å². The van der Waals surface area contributed by atoms with E-state index in [9.17, 15) is 28.8 Å². The van der Waals surface area contributed by atoms with Crippen molar-refractivity contribution in [2.24, 2.45) is 0 Å². The smallest absolute Gasteiger partial charge is 0.343 e. The fraction of sp³-hybridized carbons (Fsp3) is 0.614. The number of hydrogen-bond donors (Lipinski definition) is 0. The number of esters is 6. The number of carbonyl (C=O) groups is 6. The summed E-state index contributed by atoms with van der Waals surface area (Å²) >= 11 is 0. The zero-order valence-electron chi connectivity index (χ0n) is 42.8. The SMILES string of the molecule is C=C(C)C(=O)OCCCCCCOc1ccc(C(=O)Oc2ccc(C3CCC(OCCCCCCOC(=O)CCCCCOC(=O)CCCCCOC(=O)CCCCCOC(=O)C(=C)C)CC3)cc2)cc1. The number of ether oxygens (including phenoxy) is 8. The van der Waals surface area contributed by atoms with Crippen LogP contribution in [0.1, 0.15) is 190 Å². The van der Waals surface area contributed by atoms with Crippen molar-refractivity contribution >= 4 is 35.8 Å². The summed E-state index contributed by atoms with van der Waals surface area (Å²) in [6.07, 6.45) is 19.3. The fourth-order valence-corrected chi connectivity index (χ4v) is 7.77. The molecule has 0 radical (unpaired) electrons. The van der Waals surface area contributed by atoms with Gasteiger partial charge in [0, 0.05) is 37.0 Å². The molecule has 394 valence electrons. The summed E-state index contributed by atoms with van der Waals surface area (Å²) < 4.78 is 43.8. The van der Waals surface area contributed by atoms with Crippen LogP contribution >= 0.6 is 0 Å². The minimum atomic E-state index is -0.417. The van der Waals surface area contributed by atoms with Crippen molar-refractivity contribution in [2.45, 2.75) is 180 Å². The van der Waals surface area contributed by atoms with Gasteiger partial charge in [-0.25, -0.2) is 14.4 Å². The van der Waals surface area contributed by atoms with E-state index >= 15 is 0 Å². The lowest BCUT2D eigenvalue weighted by Gasteiger charge is -2.29. The van der Waals surface area contributed by atoms with Gasteiger partial charge < -0.3 is 37.9 Å². The van der Waals surface area contributed by atoms with Crippen LogP contribution in [0.3, 0.4) is 0 Å². The van der Waals surface area contributed by atoms with Crippen LogP contribution in [0, 0.1) is 0 Å². The molecule has 0 aromatic heterocycles. The third-order valence-electron chi connectivity index (χ3n) is 12.1. The molecule has 0 heterocycles. The van der Waals surface area contributed by atoms with E-state index in [1.807, 2.05) is 12.1 Å². The Hall–Kier alpha value is -5.50. The van der Waals surface area contributed by atoms with Gasteiger partial charge in [-0.15, -0.1) is 0 Å². The molecule has 0 bridgehead atoms. The van der Waals surface area contributed by atoms with Crippen molar-refractivity contribution < 1.29 is 66.7 Å². The minimum absolute atomic E-state index is 0.187. The predicted molar refractivity (Wildman–Crippen MR) is 271 cm³/mol. The lowest BCUT2D eigenvalue weighted by atomic mass is 9.83. The summed E-state index contributed by atoms with van der Waals surface area (Å²) in [5.74, 6) is -0.172. The Bertz CT molecular complexity index is 1880. The molecule has 1 fully saturated rings. The summed E-state index contributed by atoms with van der Waals surface area (Å²) in [5.41, 5.74) is 2.48. The number of carbonyl (C=O) groups excluding carboxylic acids is 6. The van der Waals surface area contributed by atoms with Gasteiger partial charge in [0.2, 0.25) is 0 Å². The van der Waals surface area contributed by atoms with E-state index in [-0.39, 0.29) is 30.0 Å². The first kappa shape index (κ1) is 59.8. The highest BCUT2D eigenvalue weighted by Gasteiger charge is 2.23. The third kappa shape index (κ3) is 28.8. The van der Waals surface area contributed by atoms with Gasteiger partial charge in [0.1, 0.15) is 11.5 Å². The predicted octanol–water partition coefficient (Wildman–Crippen LogP) is 12.0. The van der Waals surface area contributed by atoms with E-state index < -0.39 is 11.9 Å². The van der Waals surface area contributed by atoms with Gasteiger partial charge in [-0.2, -0.15) is 0 Å². The van der Waals surface area contributed by atoms with E-state index in [1.54, 1.807) is 38.1 Å². The first-order chi connectivity index (χ1) is 34.4. The largest absolute Gasteiger partial charge is 0.494 e. The van der Waals surface area contributed by atoms with Crippen LogP contribution in [0.15, 0.2) is 72.8 Å². The Balaban J connectivity index is 1.08. The molecule has 1 aliphatic carbocycles. The van der Waals surface area contributed by atoms with Gasteiger partial charge in [0.25, 0.3) is 0 Å². The quantitative estimate of drug-likeness (QED) is 0.0203. The van der Waals surface area contributed by atoms with Gasteiger partial charge >= 0.3 is 35.8 Å². The van der Waals surface area contributed by atoms with Crippen LogP contribution < -0.4 is 9.47 Å². The molecular formula is C57H82O14. The molecule has 2 aromatic rings. The van der Waals surface area contributed by atoms with E-state index in [0.29, 0.717) is 132 Å². The Morgan fingerprint density at radius 3 is 1.25 bits per heavy atom. The van der Waals surface area contributed by atoms with Crippen molar-refractivity contribution in [1.82, 2.24) is 0 Å². The van der Waals surface area contributed by atoms with Crippen molar-refractivity contribution in [1.29, 1.82) is 0 Å². The molecule has 0 aliphatic heterocycles. The Morgan fingerprint density at radius 1 is 0.437 bits per heavy atom. The Morgan fingerprint density at radius 2 is 0.817 bits per heavy atom. The molecule has 1 saturated carbocycles. The normalized spacial score (nSPS) is 14.2. The van der Waals surface area contributed by atoms with E-state index in [2.05, 4.69) is 25.3 Å². The van der Waals surface area contributed by atoms with Gasteiger partial charge in [-0.3, -0.25) is 14.4 Å². The molecule has 14 nitrogen and oxygen atoms in total. The van der Waals surface area contributed by atoms with Crippen LogP contribution in [0.4, 0.5) is 0 Å². The van der Waals surface area contributed by atoms with E-state index in [4.69, 9.17) is 37.9 Å². The van der Waals surface area contributed by atoms with Crippen LogP contribution in [0.5, 0.6) is 11.5 Å².